The Hall–Kier alpha value is -2.14. The molecule has 1 aromatic carbocycles. The number of carbonyl (C=O) groups is 1. The zero-order valence-corrected chi connectivity index (χ0v) is 11.2. The number of aromatic nitrogens is 2. The number of amides is 1. The predicted molar refractivity (Wildman–Crippen MR) is 76.2 cm³/mol. The van der Waals surface area contributed by atoms with Gasteiger partial charge in [-0.2, -0.15) is 5.10 Å². The van der Waals surface area contributed by atoms with Gasteiger partial charge in [-0.15, -0.1) is 0 Å². The van der Waals surface area contributed by atoms with Crippen molar-refractivity contribution in [2.45, 2.75) is 31.8 Å². The van der Waals surface area contributed by atoms with Crippen LogP contribution in [0.1, 0.15) is 33.6 Å². The zero-order chi connectivity index (χ0) is 13.9. The Morgan fingerprint density at radius 1 is 1.50 bits per heavy atom. The van der Waals surface area contributed by atoms with Crippen LogP contribution in [0, 0.1) is 0 Å². The number of aryl methyl sites for hydroxylation is 1. The molecule has 0 saturated heterocycles. The quantitative estimate of drug-likeness (QED) is 0.782. The van der Waals surface area contributed by atoms with Crippen LogP contribution in [0.15, 0.2) is 30.5 Å². The third kappa shape index (κ3) is 2.58. The van der Waals surface area contributed by atoms with Gasteiger partial charge in [0, 0.05) is 30.3 Å². The highest BCUT2D eigenvalue weighted by Crippen LogP contribution is 2.19. The minimum Gasteiger partial charge on any atom is -0.349 e. The lowest BCUT2D eigenvalue weighted by atomic mass is 9.93. The third-order valence-corrected chi connectivity index (χ3v) is 3.78. The van der Waals surface area contributed by atoms with Crippen molar-refractivity contribution < 1.29 is 4.79 Å². The van der Waals surface area contributed by atoms with E-state index in [-0.39, 0.29) is 11.9 Å². The summed E-state index contributed by atoms with van der Waals surface area (Å²) in [5.41, 5.74) is 9.64. The van der Waals surface area contributed by atoms with Gasteiger partial charge in [0.25, 0.3) is 5.91 Å². The average molecular weight is 270 g/mol. The minimum atomic E-state index is -0.0340. The van der Waals surface area contributed by atoms with E-state index in [1.165, 1.54) is 5.56 Å². The fourth-order valence-electron chi connectivity index (χ4n) is 2.64. The van der Waals surface area contributed by atoms with Crippen LogP contribution in [0.5, 0.6) is 0 Å². The first kappa shape index (κ1) is 12.9. The van der Waals surface area contributed by atoms with Crippen LogP contribution in [0.25, 0.3) is 0 Å². The summed E-state index contributed by atoms with van der Waals surface area (Å²) in [6.07, 6.45) is 4.60. The summed E-state index contributed by atoms with van der Waals surface area (Å²) in [4.78, 5) is 12.3. The average Bonchev–Trinajstić information content (AvgIpc) is 2.95. The van der Waals surface area contributed by atoms with E-state index in [0.717, 1.165) is 30.5 Å². The maximum Gasteiger partial charge on any atom is 0.251 e. The molecule has 1 heterocycles. The first-order valence-electron chi connectivity index (χ1n) is 6.87. The lowest BCUT2D eigenvalue weighted by molar-refractivity contribution is 0.0933. The van der Waals surface area contributed by atoms with Gasteiger partial charge in [-0.05, 0) is 36.1 Å². The summed E-state index contributed by atoms with van der Waals surface area (Å²) in [7, 11) is 0. The normalized spacial score (nSPS) is 17.6. The molecule has 4 N–H and O–H groups in total. The highest BCUT2D eigenvalue weighted by atomic mass is 16.1. The number of rotatable bonds is 3. The van der Waals surface area contributed by atoms with Gasteiger partial charge >= 0.3 is 0 Å². The molecule has 1 aromatic heterocycles. The Balaban J connectivity index is 1.67. The summed E-state index contributed by atoms with van der Waals surface area (Å²) < 4.78 is 0. The highest BCUT2D eigenvalue weighted by molar-refractivity contribution is 5.94. The molecular formula is C15H18N4O. The first-order chi connectivity index (χ1) is 9.76. The SMILES string of the molecule is NCc1cccc(C(=O)N[C@H]2CCc3cn[nH]c3C2)c1. The van der Waals surface area contributed by atoms with E-state index >= 15 is 0 Å². The van der Waals surface area contributed by atoms with Crippen molar-refractivity contribution >= 4 is 5.91 Å². The summed E-state index contributed by atoms with van der Waals surface area (Å²) in [5, 5.41) is 10.1. The number of carbonyl (C=O) groups excluding carboxylic acids is 1. The molecule has 1 atom stereocenters. The van der Waals surface area contributed by atoms with Crippen LogP contribution in [0.3, 0.4) is 0 Å². The van der Waals surface area contributed by atoms with Crippen molar-refractivity contribution in [3.8, 4) is 0 Å². The van der Waals surface area contributed by atoms with Crippen molar-refractivity contribution in [2.24, 2.45) is 5.73 Å². The molecule has 1 amide bonds. The van der Waals surface area contributed by atoms with Gasteiger partial charge in [-0.25, -0.2) is 0 Å². The molecule has 3 rings (SSSR count). The molecular weight excluding hydrogens is 252 g/mol. The molecule has 20 heavy (non-hydrogen) atoms. The zero-order valence-electron chi connectivity index (χ0n) is 11.2. The Morgan fingerprint density at radius 2 is 2.40 bits per heavy atom. The number of hydrogen-bond donors (Lipinski definition) is 3. The van der Waals surface area contributed by atoms with E-state index in [2.05, 4.69) is 15.5 Å². The van der Waals surface area contributed by atoms with Crippen molar-refractivity contribution in [2.75, 3.05) is 0 Å². The van der Waals surface area contributed by atoms with Crippen molar-refractivity contribution in [1.82, 2.24) is 15.5 Å². The van der Waals surface area contributed by atoms with Gasteiger partial charge in [-0.1, -0.05) is 12.1 Å². The molecule has 0 saturated carbocycles. The molecule has 0 aliphatic heterocycles. The van der Waals surface area contributed by atoms with E-state index in [1.54, 1.807) is 0 Å². The molecule has 5 nitrogen and oxygen atoms in total. The van der Waals surface area contributed by atoms with Crippen LogP contribution in [0.4, 0.5) is 0 Å². The maximum absolute atomic E-state index is 12.3. The second kappa shape index (κ2) is 5.46. The minimum absolute atomic E-state index is 0.0340. The number of hydrogen-bond acceptors (Lipinski definition) is 3. The standard InChI is InChI=1S/C15H18N4O/c16-8-10-2-1-3-11(6-10)15(20)18-13-5-4-12-9-17-19-14(12)7-13/h1-3,6,9,13H,4-5,7-8,16H2,(H,17,19)(H,18,20)/t13-/m0/s1. The Labute approximate surface area is 117 Å². The van der Waals surface area contributed by atoms with E-state index in [9.17, 15) is 4.79 Å². The van der Waals surface area contributed by atoms with Gasteiger partial charge in [0.05, 0.1) is 6.20 Å². The van der Waals surface area contributed by atoms with Gasteiger partial charge in [0.2, 0.25) is 0 Å². The van der Waals surface area contributed by atoms with E-state index in [1.807, 2.05) is 30.5 Å². The maximum atomic E-state index is 12.3. The molecule has 0 fully saturated rings. The molecule has 1 aliphatic carbocycles. The first-order valence-corrected chi connectivity index (χ1v) is 6.87. The summed E-state index contributed by atoms with van der Waals surface area (Å²) >= 11 is 0. The van der Waals surface area contributed by atoms with Crippen molar-refractivity contribution in [3.05, 3.63) is 52.8 Å². The molecule has 2 aromatic rings. The van der Waals surface area contributed by atoms with Gasteiger partial charge in [0.1, 0.15) is 0 Å². The van der Waals surface area contributed by atoms with Crippen LogP contribution in [-0.2, 0) is 19.4 Å². The second-order valence-corrected chi connectivity index (χ2v) is 5.19. The highest BCUT2D eigenvalue weighted by Gasteiger charge is 2.21. The number of nitrogens with one attached hydrogen (secondary N) is 2. The molecule has 5 heteroatoms. The van der Waals surface area contributed by atoms with Crippen LogP contribution in [0.2, 0.25) is 0 Å². The van der Waals surface area contributed by atoms with Crippen LogP contribution >= 0.6 is 0 Å². The lowest BCUT2D eigenvalue weighted by Crippen LogP contribution is -2.38. The topological polar surface area (TPSA) is 83.8 Å². The van der Waals surface area contributed by atoms with Crippen molar-refractivity contribution in [1.29, 1.82) is 0 Å². The van der Waals surface area contributed by atoms with Crippen molar-refractivity contribution in [3.63, 3.8) is 0 Å². The largest absolute Gasteiger partial charge is 0.349 e. The predicted octanol–water partition coefficient (Wildman–Crippen LogP) is 1.16. The molecule has 1 aliphatic rings. The monoisotopic (exact) mass is 270 g/mol. The number of fused-ring (bicyclic) bond motifs is 1. The van der Waals surface area contributed by atoms with Gasteiger partial charge < -0.3 is 11.1 Å². The number of nitrogens with two attached hydrogens (primary N) is 1. The molecule has 0 unspecified atom stereocenters. The lowest BCUT2D eigenvalue weighted by Gasteiger charge is -2.22. The number of nitrogens with zero attached hydrogens (tertiary/aromatic N) is 1. The second-order valence-electron chi connectivity index (χ2n) is 5.19. The summed E-state index contributed by atoms with van der Waals surface area (Å²) in [5.74, 6) is -0.0340. The molecule has 0 bridgehead atoms. The number of benzene rings is 1. The van der Waals surface area contributed by atoms with Gasteiger partial charge in [-0.3, -0.25) is 9.89 Å². The summed E-state index contributed by atoms with van der Waals surface area (Å²) in [6.45, 7) is 0.446. The Kier molecular flexibility index (Phi) is 3.52. The molecule has 0 radical (unpaired) electrons. The van der Waals surface area contributed by atoms with Crippen LogP contribution in [-0.4, -0.2) is 22.1 Å². The molecule has 0 spiro atoms. The third-order valence-electron chi connectivity index (χ3n) is 3.78. The Bertz CT molecular complexity index is 620. The Morgan fingerprint density at radius 3 is 3.25 bits per heavy atom. The van der Waals surface area contributed by atoms with Crippen LogP contribution < -0.4 is 11.1 Å². The summed E-state index contributed by atoms with van der Waals surface area (Å²) in [6, 6.07) is 7.62. The van der Waals surface area contributed by atoms with E-state index in [4.69, 9.17) is 5.73 Å². The smallest absolute Gasteiger partial charge is 0.251 e. The fraction of sp³-hybridized carbons (Fsp3) is 0.333. The molecule has 104 valence electrons. The fourth-order valence-corrected chi connectivity index (χ4v) is 2.64. The van der Waals surface area contributed by atoms with Gasteiger partial charge in [0.15, 0.2) is 0 Å². The van der Waals surface area contributed by atoms with E-state index in [0.29, 0.717) is 12.1 Å². The van der Waals surface area contributed by atoms with E-state index < -0.39 is 0 Å². The number of aromatic amines is 1. The number of H-pyrrole nitrogens is 1.